The lowest BCUT2D eigenvalue weighted by molar-refractivity contribution is -0.126. The van der Waals surface area contributed by atoms with E-state index in [1.54, 1.807) is 12.1 Å². The number of piperidine rings is 1. The van der Waals surface area contributed by atoms with E-state index in [1.807, 2.05) is 0 Å². The monoisotopic (exact) mass is 412 g/mol. The highest BCUT2D eigenvalue weighted by molar-refractivity contribution is 7.89. The van der Waals surface area contributed by atoms with Crippen LogP contribution >= 0.6 is 0 Å². The Hall–Kier alpha value is -1.84. The predicted octanol–water partition coefficient (Wildman–Crippen LogP) is 1.40. The molecule has 0 aromatic heterocycles. The zero-order valence-electron chi connectivity index (χ0n) is 16.3. The zero-order valence-corrected chi connectivity index (χ0v) is 17.2. The number of nitrogens with zero attached hydrogens (tertiary/aromatic N) is 1. The van der Waals surface area contributed by atoms with E-state index in [0.717, 1.165) is 19.4 Å². The Morgan fingerprint density at radius 3 is 2.75 bits per heavy atom. The highest BCUT2D eigenvalue weighted by Crippen LogP contribution is 2.32. The molecule has 2 atom stereocenters. The van der Waals surface area contributed by atoms with Gasteiger partial charge in [0.25, 0.3) is 0 Å². The topological polar surface area (TPSA) is 94.2 Å². The van der Waals surface area contributed by atoms with Crippen molar-refractivity contribution in [3.8, 4) is 11.5 Å². The summed E-state index contributed by atoms with van der Waals surface area (Å²) >= 11 is 0. The van der Waals surface area contributed by atoms with Crippen molar-refractivity contribution in [1.29, 1.82) is 0 Å². The minimum Gasteiger partial charge on any atom is -0.497 e. The standard InChI is InChI=1S/C19H28N2O6S/c1-25-15-7-8-17(26-2)18(11-15)28(23,24)21-9-3-5-14(13-21)19(22)20-12-16-6-4-10-27-16/h7-8,11,14,16H,3-6,9-10,12-13H2,1-2H3,(H,20,22)/t14-,16-/m0/s1. The van der Waals surface area contributed by atoms with E-state index in [0.29, 0.717) is 31.7 Å². The maximum Gasteiger partial charge on any atom is 0.246 e. The number of nitrogens with one attached hydrogen (secondary N) is 1. The van der Waals surface area contributed by atoms with Gasteiger partial charge in [0, 0.05) is 32.3 Å². The van der Waals surface area contributed by atoms with Crippen LogP contribution in [0.4, 0.5) is 0 Å². The van der Waals surface area contributed by atoms with Crippen molar-refractivity contribution in [2.24, 2.45) is 5.92 Å². The van der Waals surface area contributed by atoms with E-state index in [-0.39, 0.29) is 35.1 Å². The number of carbonyl (C=O) groups excluding carboxylic acids is 1. The van der Waals surface area contributed by atoms with Crippen molar-refractivity contribution >= 4 is 15.9 Å². The van der Waals surface area contributed by atoms with Crippen molar-refractivity contribution in [3.05, 3.63) is 18.2 Å². The third kappa shape index (κ3) is 4.59. The Labute approximate surface area is 166 Å². The molecule has 0 radical (unpaired) electrons. The molecule has 1 N–H and O–H groups in total. The molecule has 2 fully saturated rings. The number of sulfonamides is 1. The molecule has 0 saturated carbocycles. The van der Waals surface area contributed by atoms with E-state index in [2.05, 4.69) is 5.32 Å². The zero-order chi connectivity index (χ0) is 20.1. The first-order chi connectivity index (χ1) is 13.5. The second-order valence-electron chi connectivity index (χ2n) is 7.10. The third-order valence-corrected chi connectivity index (χ3v) is 7.16. The van der Waals surface area contributed by atoms with Crippen LogP contribution in [0, 0.1) is 5.92 Å². The molecule has 156 valence electrons. The fourth-order valence-corrected chi connectivity index (χ4v) is 5.36. The summed E-state index contributed by atoms with van der Waals surface area (Å²) in [6, 6.07) is 4.67. The Bertz CT molecular complexity index is 792. The van der Waals surface area contributed by atoms with Crippen LogP contribution in [0.2, 0.25) is 0 Å². The Morgan fingerprint density at radius 1 is 1.25 bits per heavy atom. The van der Waals surface area contributed by atoms with Gasteiger partial charge in [-0.2, -0.15) is 4.31 Å². The van der Waals surface area contributed by atoms with Gasteiger partial charge in [-0.25, -0.2) is 8.42 Å². The minimum atomic E-state index is -3.81. The summed E-state index contributed by atoms with van der Waals surface area (Å²) in [5.74, 6) is 0.197. The summed E-state index contributed by atoms with van der Waals surface area (Å²) in [7, 11) is -0.902. The largest absolute Gasteiger partial charge is 0.497 e. The van der Waals surface area contributed by atoms with Crippen molar-refractivity contribution < 1.29 is 27.4 Å². The summed E-state index contributed by atoms with van der Waals surface area (Å²) in [4.78, 5) is 12.6. The van der Waals surface area contributed by atoms with Crippen LogP contribution in [-0.4, -0.2) is 65.2 Å². The lowest BCUT2D eigenvalue weighted by atomic mass is 9.99. The first-order valence-corrected chi connectivity index (χ1v) is 11.0. The maximum absolute atomic E-state index is 13.2. The van der Waals surface area contributed by atoms with Gasteiger partial charge in [-0.1, -0.05) is 0 Å². The van der Waals surface area contributed by atoms with E-state index >= 15 is 0 Å². The van der Waals surface area contributed by atoms with Crippen molar-refractivity contribution in [2.75, 3.05) is 40.5 Å². The second kappa shape index (κ2) is 9.11. The molecule has 28 heavy (non-hydrogen) atoms. The molecule has 8 nitrogen and oxygen atoms in total. The molecule has 0 spiro atoms. The van der Waals surface area contributed by atoms with E-state index in [9.17, 15) is 13.2 Å². The van der Waals surface area contributed by atoms with E-state index in [1.165, 1.54) is 24.6 Å². The number of ether oxygens (including phenoxy) is 3. The molecule has 1 aromatic carbocycles. The van der Waals surface area contributed by atoms with Gasteiger partial charge in [0.2, 0.25) is 15.9 Å². The number of carbonyl (C=O) groups is 1. The molecule has 9 heteroatoms. The quantitative estimate of drug-likeness (QED) is 0.728. The lowest BCUT2D eigenvalue weighted by Crippen LogP contribution is -2.46. The lowest BCUT2D eigenvalue weighted by Gasteiger charge is -2.31. The van der Waals surface area contributed by atoms with Gasteiger partial charge in [-0.05, 0) is 37.8 Å². The van der Waals surface area contributed by atoms with Gasteiger partial charge in [0.1, 0.15) is 16.4 Å². The van der Waals surface area contributed by atoms with Crippen LogP contribution in [0.3, 0.4) is 0 Å². The van der Waals surface area contributed by atoms with Crippen LogP contribution in [-0.2, 0) is 19.6 Å². The fourth-order valence-electron chi connectivity index (χ4n) is 3.66. The molecule has 0 aliphatic carbocycles. The molecule has 2 heterocycles. The van der Waals surface area contributed by atoms with Crippen molar-refractivity contribution in [2.45, 2.75) is 36.7 Å². The van der Waals surface area contributed by atoms with Crippen molar-refractivity contribution in [3.63, 3.8) is 0 Å². The summed E-state index contributed by atoms with van der Waals surface area (Å²) in [6.07, 6.45) is 3.31. The van der Waals surface area contributed by atoms with Gasteiger partial charge >= 0.3 is 0 Å². The molecule has 2 aliphatic heterocycles. The molecular formula is C19H28N2O6S. The molecule has 0 unspecified atom stereocenters. The smallest absolute Gasteiger partial charge is 0.246 e. The fraction of sp³-hybridized carbons (Fsp3) is 0.632. The number of hydrogen-bond acceptors (Lipinski definition) is 6. The van der Waals surface area contributed by atoms with Crippen LogP contribution in [0.15, 0.2) is 23.1 Å². The van der Waals surface area contributed by atoms with E-state index in [4.69, 9.17) is 14.2 Å². The Balaban J connectivity index is 1.71. The number of methoxy groups -OCH3 is 2. The second-order valence-corrected chi connectivity index (χ2v) is 9.01. The number of hydrogen-bond donors (Lipinski definition) is 1. The molecule has 1 aromatic rings. The van der Waals surface area contributed by atoms with E-state index < -0.39 is 10.0 Å². The molecule has 1 amide bonds. The SMILES string of the molecule is COc1ccc(OC)c(S(=O)(=O)N2CCC[C@H](C(=O)NC[C@@H]3CCCO3)C2)c1. The van der Waals surface area contributed by atoms with Crippen molar-refractivity contribution in [1.82, 2.24) is 9.62 Å². The number of rotatable bonds is 7. The highest BCUT2D eigenvalue weighted by atomic mass is 32.2. The Morgan fingerprint density at radius 2 is 2.07 bits per heavy atom. The normalized spacial score (nSPS) is 23.4. The average molecular weight is 413 g/mol. The summed E-state index contributed by atoms with van der Waals surface area (Å²) in [5, 5.41) is 2.92. The minimum absolute atomic E-state index is 0.0507. The first kappa shape index (κ1) is 20.9. The molecule has 0 bridgehead atoms. The van der Waals surface area contributed by atoms with Crippen LogP contribution in [0.25, 0.3) is 0 Å². The number of benzene rings is 1. The number of amides is 1. The molecular weight excluding hydrogens is 384 g/mol. The van der Waals surface area contributed by atoms with Crippen LogP contribution in [0.5, 0.6) is 11.5 Å². The molecule has 2 aliphatic rings. The van der Waals surface area contributed by atoms with Crippen LogP contribution in [0.1, 0.15) is 25.7 Å². The van der Waals surface area contributed by atoms with Gasteiger partial charge in [0.05, 0.1) is 26.2 Å². The molecule has 3 rings (SSSR count). The van der Waals surface area contributed by atoms with Crippen LogP contribution < -0.4 is 14.8 Å². The van der Waals surface area contributed by atoms with Gasteiger partial charge in [-0.3, -0.25) is 4.79 Å². The maximum atomic E-state index is 13.2. The summed E-state index contributed by atoms with van der Waals surface area (Å²) < 4.78 is 43.7. The van der Waals surface area contributed by atoms with Gasteiger partial charge in [0.15, 0.2) is 0 Å². The average Bonchev–Trinajstić information content (AvgIpc) is 3.25. The highest BCUT2D eigenvalue weighted by Gasteiger charge is 2.35. The summed E-state index contributed by atoms with van der Waals surface area (Å²) in [5.41, 5.74) is 0. The Kier molecular flexibility index (Phi) is 6.79. The third-order valence-electron chi connectivity index (χ3n) is 5.27. The molecule has 2 saturated heterocycles. The summed E-state index contributed by atoms with van der Waals surface area (Å²) in [6.45, 7) is 1.74. The van der Waals surface area contributed by atoms with Gasteiger partial charge in [-0.15, -0.1) is 0 Å². The first-order valence-electron chi connectivity index (χ1n) is 9.57. The predicted molar refractivity (Wildman–Crippen MR) is 103 cm³/mol. The van der Waals surface area contributed by atoms with Gasteiger partial charge < -0.3 is 19.5 Å².